The van der Waals surface area contributed by atoms with E-state index in [0.717, 1.165) is 43.6 Å². The standard InChI is InChI=1S/C21H24F2O/c1-3-4-16(17-6-8-21-18(12-17)9-10-24-21)11-14(2)15-5-7-19(22)20(23)13-15/h5-8,12-14,16H,3-4,9-11H2,1-2H3/t14?,16-/m0/s1. The molecule has 1 heterocycles. The van der Waals surface area contributed by atoms with Gasteiger partial charge in [0.25, 0.3) is 0 Å². The Kier molecular flexibility index (Phi) is 5.17. The number of benzene rings is 2. The fraction of sp³-hybridized carbons (Fsp3) is 0.429. The molecule has 0 aromatic heterocycles. The molecule has 2 atom stereocenters. The number of ether oxygens (including phenoxy) is 1. The zero-order valence-electron chi connectivity index (χ0n) is 14.3. The molecule has 128 valence electrons. The average Bonchev–Trinajstić information content (AvgIpc) is 3.04. The van der Waals surface area contributed by atoms with Crippen LogP contribution in [0.15, 0.2) is 36.4 Å². The fourth-order valence-electron chi connectivity index (χ4n) is 3.61. The summed E-state index contributed by atoms with van der Waals surface area (Å²) in [6, 6.07) is 10.7. The van der Waals surface area contributed by atoms with Gasteiger partial charge in [-0.1, -0.05) is 38.5 Å². The highest BCUT2D eigenvalue weighted by Crippen LogP contribution is 2.36. The Morgan fingerprint density at radius 2 is 1.83 bits per heavy atom. The second kappa shape index (κ2) is 7.33. The van der Waals surface area contributed by atoms with Crippen LogP contribution < -0.4 is 4.74 Å². The van der Waals surface area contributed by atoms with Gasteiger partial charge in [-0.25, -0.2) is 8.78 Å². The van der Waals surface area contributed by atoms with Crippen molar-refractivity contribution >= 4 is 0 Å². The molecule has 3 heteroatoms. The van der Waals surface area contributed by atoms with Crippen LogP contribution >= 0.6 is 0 Å². The second-order valence-corrected chi connectivity index (χ2v) is 6.76. The van der Waals surface area contributed by atoms with Crippen molar-refractivity contribution in [2.24, 2.45) is 0 Å². The van der Waals surface area contributed by atoms with E-state index < -0.39 is 11.6 Å². The van der Waals surface area contributed by atoms with Crippen LogP contribution in [0.3, 0.4) is 0 Å². The molecular weight excluding hydrogens is 306 g/mol. The Labute approximate surface area is 142 Å². The van der Waals surface area contributed by atoms with Gasteiger partial charge in [-0.05, 0) is 59.6 Å². The molecule has 0 fully saturated rings. The fourth-order valence-corrected chi connectivity index (χ4v) is 3.61. The first kappa shape index (κ1) is 16.9. The van der Waals surface area contributed by atoms with Crippen molar-refractivity contribution in [3.8, 4) is 5.75 Å². The van der Waals surface area contributed by atoms with Crippen molar-refractivity contribution in [1.82, 2.24) is 0 Å². The normalized spacial score (nSPS) is 15.7. The molecule has 0 amide bonds. The maximum atomic E-state index is 13.5. The highest BCUT2D eigenvalue weighted by Gasteiger charge is 2.20. The molecule has 1 unspecified atom stereocenters. The Balaban J connectivity index is 1.79. The minimum atomic E-state index is -0.783. The van der Waals surface area contributed by atoms with E-state index in [4.69, 9.17) is 4.74 Å². The van der Waals surface area contributed by atoms with Gasteiger partial charge in [0.05, 0.1) is 6.61 Å². The molecule has 0 spiro atoms. The summed E-state index contributed by atoms with van der Waals surface area (Å²) in [7, 11) is 0. The number of rotatable bonds is 6. The highest BCUT2D eigenvalue weighted by molar-refractivity contribution is 5.41. The third kappa shape index (κ3) is 3.61. The highest BCUT2D eigenvalue weighted by atomic mass is 19.2. The van der Waals surface area contributed by atoms with E-state index in [-0.39, 0.29) is 5.92 Å². The van der Waals surface area contributed by atoms with Gasteiger partial charge < -0.3 is 4.74 Å². The molecule has 2 aromatic carbocycles. The number of hydrogen-bond acceptors (Lipinski definition) is 1. The smallest absolute Gasteiger partial charge is 0.159 e. The molecule has 0 N–H and O–H groups in total. The van der Waals surface area contributed by atoms with Crippen LogP contribution in [0, 0.1) is 11.6 Å². The molecule has 0 aliphatic carbocycles. The lowest BCUT2D eigenvalue weighted by Gasteiger charge is -2.22. The van der Waals surface area contributed by atoms with Gasteiger partial charge in [0.2, 0.25) is 0 Å². The Morgan fingerprint density at radius 3 is 2.58 bits per heavy atom. The van der Waals surface area contributed by atoms with E-state index in [2.05, 4.69) is 32.0 Å². The first-order chi connectivity index (χ1) is 11.6. The van der Waals surface area contributed by atoms with Crippen LogP contribution in [-0.2, 0) is 6.42 Å². The van der Waals surface area contributed by atoms with Gasteiger partial charge in [0.1, 0.15) is 5.75 Å². The molecule has 2 aromatic rings. The van der Waals surface area contributed by atoms with Gasteiger partial charge in [0.15, 0.2) is 11.6 Å². The van der Waals surface area contributed by atoms with Crippen molar-refractivity contribution in [1.29, 1.82) is 0 Å². The lowest BCUT2D eigenvalue weighted by Crippen LogP contribution is -2.05. The van der Waals surface area contributed by atoms with Crippen molar-refractivity contribution < 1.29 is 13.5 Å². The molecule has 0 radical (unpaired) electrons. The lowest BCUT2D eigenvalue weighted by atomic mass is 9.83. The van der Waals surface area contributed by atoms with Crippen LogP contribution in [-0.4, -0.2) is 6.61 Å². The van der Waals surface area contributed by atoms with Gasteiger partial charge in [-0.3, -0.25) is 0 Å². The summed E-state index contributed by atoms with van der Waals surface area (Å²) in [5.74, 6) is 0.0589. The molecule has 3 rings (SSSR count). The number of fused-ring (bicyclic) bond motifs is 1. The van der Waals surface area contributed by atoms with E-state index in [0.29, 0.717) is 5.92 Å². The lowest BCUT2D eigenvalue weighted by molar-refractivity contribution is 0.356. The van der Waals surface area contributed by atoms with Crippen LogP contribution in [0.25, 0.3) is 0 Å². The predicted octanol–water partition coefficient (Wildman–Crippen LogP) is 5.98. The summed E-state index contributed by atoms with van der Waals surface area (Å²) in [5.41, 5.74) is 3.48. The molecular formula is C21H24F2O. The van der Waals surface area contributed by atoms with E-state index in [1.165, 1.54) is 23.3 Å². The zero-order chi connectivity index (χ0) is 17.1. The van der Waals surface area contributed by atoms with E-state index in [1.54, 1.807) is 6.07 Å². The predicted molar refractivity (Wildman–Crippen MR) is 92.7 cm³/mol. The van der Waals surface area contributed by atoms with Crippen LogP contribution in [0.2, 0.25) is 0 Å². The third-order valence-corrected chi connectivity index (χ3v) is 4.97. The number of halogens is 2. The summed E-state index contributed by atoms with van der Waals surface area (Å²) in [4.78, 5) is 0. The molecule has 1 aliphatic heterocycles. The monoisotopic (exact) mass is 330 g/mol. The van der Waals surface area contributed by atoms with Crippen molar-refractivity contribution in [2.75, 3.05) is 6.61 Å². The summed E-state index contributed by atoms with van der Waals surface area (Å²) >= 11 is 0. The van der Waals surface area contributed by atoms with Gasteiger partial charge >= 0.3 is 0 Å². The first-order valence-corrected chi connectivity index (χ1v) is 8.79. The SMILES string of the molecule is CCC[C@@H](CC(C)c1ccc(F)c(F)c1)c1ccc2c(c1)CCO2. The molecule has 0 saturated carbocycles. The molecule has 24 heavy (non-hydrogen) atoms. The van der Waals surface area contributed by atoms with Crippen LogP contribution in [0.1, 0.15) is 61.6 Å². The van der Waals surface area contributed by atoms with Crippen molar-refractivity contribution in [3.05, 3.63) is 64.7 Å². The van der Waals surface area contributed by atoms with E-state index in [9.17, 15) is 8.78 Å². The van der Waals surface area contributed by atoms with E-state index in [1.807, 2.05) is 0 Å². The Morgan fingerprint density at radius 1 is 1.04 bits per heavy atom. The topological polar surface area (TPSA) is 9.23 Å². The maximum Gasteiger partial charge on any atom is 0.159 e. The molecule has 0 bridgehead atoms. The van der Waals surface area contributed by atoms with Crippen molar-refractivity contribution in [3.63, 3.8) is 0 Å². The summed E-state index contributed by atoms with van der Waals surface area (Å²) in [6.45, 7) is 5.04. The Hall–Kier alpha value is -1.90. The summed E-state index contributed by atoms with van der Waals surface area (Å²) < 4.78 is 32.3. The minimum Gasteiger partial charge on any atom is -0.493 e. The maximum absolute atomic E-state index is 13.5. The number of hydrogen-bond donors (Lipinski definition) is 0. The van der Waals surface area contributed by atoms with Crippen LogP contribution in [0.4, 0.5) is 8.78 Å². The zero-order valence-corrected chi connectivity index (χ0v) is 14.3. The van der Waals surface area contributed by atoms with Crippen molar-refractivity contribution in [2.45, 2.75) is 51.4 Å². The minimum absolute atomic E-state index is 0.182. The quantitative estimate of drug-likeness (QED) is 0.633. The van der Waals surface area contributed by atoms with Gasteiger partial charge in [-0.15, -0.1) is 0 Å². The first-order valence-electron chi connectivity index (χ1n) is 8.79. The molecule has 1 nitrogen and oxygen atoms in total. The Bertz CT molecular complexity index is 711. The molecule has 1 aliphatic rings. The second-order valence-electron chi connectivity index (χ2n) is 6.76. The summed E-state index contributed by atoms with van der Waals surface area (Å²) in [6.07, 6.45) is 4.09. The van der Waals surface area contributed by atoms with E-state index >= 15 is 0 Å². The average molecular weight is 330 g/mol. The third-order valence-electron chi connectivity index (χ3n) is 4.97. The largest absolute Gasteiger partial charge is 0.493 e. The molecule has 0 saturated heterocycles. The van der Waals surface area contributed by atoms with Gasteiger partial charge in [-0.2, -0.15) is 0 Å². The van der Waals surface area contributed by atoms with Gasteiger partial charge in [0, 0.05) is 6.42 Å². The summed E-state index contributed by atoms with van der Waals surface area (Å²) in [5, 5.41) is 0. The van der Waals surface area contributed by atoms with Crippen LogP contribution in [0.5, 0.6) is 5.75 Å².